The van der Waals surface area contributed by atoms with Gasteiger partial charge in [0.25, 0.3) is 0 Å². The third-order valence-corrected chi connectivity index (χ3v) is 9.09. The van der Waals surface area contributed by atoms with Crippen LogP contribution < -0.4 is 0 Å². The van der Waals surface area contributed by atoms with Gasteiger partial charge < -0.3 is 33.9 Å². The van der Waals surface area contributed by atoms with Crippen LogP contribution in [0.3, 0.4) is 0 Å². The van der Waals surface area contributed by atoms with Crippen LogP contribution in [0.4, 0.5) is 0 Å². The predicted molar refractivity (Wildman–Crippen MR) is 103 cm³/mol. The zero-order valence-corrected chi connectivity index (χ0v) is 17.2. The summed E-state index contributed by atoms with van der Waals surface area (Å²) in [6.45, 7) is 2.15. The molecule has 4 aliphatic heterocycles. The van der Waals surface area contributed by atoms with E-state index in [9.17, 15) is 15.0 Å². The minimum absolute atomic E-state index is 0.0821. The van der Waals surface area contributed by atoms with Crippen molar-refractivity contribution in [3.63, 3.8) is 0 Å². The van der Waals surface area contributed by atoms with E-state index in [0.29, 0.717) is 25.0 Å². The van der Waals surface area contributed by atoms with Crippen molar-refractivity contribution in [2.75, 3.05) is 13.2 Å². The van der Waals surface area contributed by atoms with Gasteiger partial charge in [-0.3, -0.25) is 0 Å². The first-order valence-electron chi connectivity index (χ1n) is 11.1. The fourth-order valence-corrected chi connectivity index (χ4v) is 7.98. The molecule has 4 bridgehead atoms. The average molecular weight is 430 g/mol. The van der Waals surface area contributed by atoms with E-state index in [2.05, 4.69) is 6.92 Å². The zero-order valence-electron chi connectivity index (χ0n) is 17.2. The number of benzene rings is 1. The second kappa shape index (κ2) is 5.68. The highest BCUT2D eigenvalue weighted by Gasteiger charge is 3.07. The first-order chi connectivity index (χ1) is 14.9. The van der Waals surface area contributed by atoms with Crippen molar-refractivity contribution in [1.82, 2.24) is 0 Å². The van der Waals surface area contributed by atoms with E-state index in [1.165, 1.54) is 0 Å². The van der Waals surface area contributed by atoms with Gasteiger partial charge in [-0.1, -0.05) is 18.2 Å². The van der Waals surface area contributed by atoms with E-state index in [1.54, 1.807) is 12.1 Å². The molecule has 166 valence electrons. The summed E-state index contributed by atoms with van der Waals surface area (Å²) in [5.74, 6) is -0.0955. The van der Waals surface area contributed by atoms with Crippen molar-refractivity contribution in [3.05, 3.63) is 35.9 Å². The summed E-state index contributed by atoms with van der Waals surface area (Å²) < 4.78 is 30.7. The molecule has 7 aliphatic rings. The molecule has 3 saturated carbocycles. The summed E-state index contributed by atoms with van der Waals surface area (Å²) in [5.41, 5.74) is -1.12. The Hall–Kier alpha value is -1.55. The highest BCUT2D eigenvalue weighted by molar-refractivity contribution is 5.89. The van der Waals surface area contributed by atoms with Crippen LogP contribution in [0.15, 0.2) is 30.3 Å². The number of aliphatic hydroxyl groups excluding tert-OH is 2. The number of esters is 1. The Bertz CT molecular complexity index is 950. The zero-order chi connectivity index (χ0) is 21.2. The smallest absolute Gasteiger partial charge is 0.338 e. The lowest BCUT2D eigenvalue weighted by atomic mass is 9.55. The number of rotatable bonds is 6. The van der Waals surface area contributed by atoms with Gasteiger partial charge in [-0.15, -0.1) is 0 Å². The Morgan fingerprint density at radius 2 is 2.06 bits per heavy atom. The van der Waals surface area contributed by atoms with Crippen LogP contribution in [-0.4, -0.2) is 71.5 Å². The molecule has 8 nitrogen and oxygen atoms in total. The number of hydrogen-bond acceptors (Lipinski definition) is 8. The Balaban J connectivity index is 1.16. The SMILES string of the molecule is C[C@@]12C[C@H]3OC(O1)[C@@]14[C@H]3C1(COC(=O)c1ccccc1)C[C@]24O[C@H]1CC(O)[C@@H](CO)O1. The largest absolute Gasteiger partial charge is 0.461 e. The first kappa shape index (κ1) is 19.0. The molecule has 2 N–H and O–H groups in total. The van der Waals surface area contributed by atoms with Gasteiger partial charge >= 0.3 is 5.97 Å². The predicted octanol–water partition coefficient (Wildman–Crippen LogP) is 0.991. The van der Waals surface area contributed by atoms with Crippen LogP contribution in [0.5, 0.6) is 0 Å². The standard InChI is InChI=1S/C23H26O8/c1-20-8-14-17-21(11-27-18(26)12-5-3-2-4-6-12)10-22(20,23(17,21)19(29-14)31-20)30-16-7-13(25)15(9-24)28-16/h2-6,13-17,19,24-25H,7-11H2,1H3/t13?,14-,15-,16+,17-,19?,20+,21?,22+,23+/m1/s1. The maximum Gasteiger partial charge on any atom is 0.338 e. The van der Waals surface area contributed by atoms with E-state index in [-0.39, 0.29) is 41.7 Å². The van der Waals surface area contributed by atoms with Crippen molar-refractivity contribution in [3.8, 4) is 0 Å². The average Bonchev–Trinajstić information content (AvgIpc) is 2.91. The van der Waals surface area contributed by atoms with E-state index >= 15 is 0 Å². The number of carbonyl (C=O) groups excluding carboxylic acids is 1. The monoisotopic (exact) mass is 430 g/mol. The minimum Gasteiger partial charge on any atom is -0.461 e. The van der Waals surface area contributed by atoms with Crippen LogP contribution in [0.25, 0.3) is 0 Å². The van der Waals surface area contributed by atoms with Gasteiger partial charge in [0.05, 0.1) is 36.4 Å². The molecule has 1 aromatic carbocycles. The molecule has 31 heavy (non-hydrogen) atoms. The molecule has 1 aromatic rings. The Morgan fingerprint density at radius 3 is 2.81 bits per heavy atom. The van der Waals surface area contributed by atoms with E-state index in [0.717, 1.165) is 6.42 Å². The topological polar surface area (TPSA) is 104 Å². The molecule has 10 atom stereocenters. The van der Waals surface area contributed by atoms with Gasteiger partial charge in [-0.05, 0) is 25.5 Å². The summed E-state index contributed by atoms with van der Waals surface area (Å²) in [4.78, 5) is 12.6. The highest BCUT2D eigenvalue weighted by Crippen LogP contribution is 2.98. The Labute approximate surface area is 179 Å². The van der Waals surface area contributed by atoms with Crippen LogP contribution in [0.2, 0.25) is 0 Å². The van der Waals surface area contributed by atoms with Gasteiger partial charge in [-0.25, -0.2) is 4.79 Å². The maximum atomic E-state index is 12.6. The molecule has 0 aromatic heterocycles. The Kier molecular flexibility index (Phi) is 3.47. The number of ether oxygens (including phenoxy) is 5. The highest BCUT2D eigenvalue weighted by atomic mass is 16.8. The fourth-order valence-electron chi connectivity index (χ4n) is 7.98. The summed E-state index contributed by atoms with van der Waals surface area (Å²) in [7, 11) is 0. The minimum atomic E-state index is -0.754. The normalized spacial score (nSPS) is 54.5. The van der Waals surface area contributed by atoms with Gasteiger partial charge in [0.1, 0.15) is 17.3 Å². The van der Waals surface area contributed by atoms with Crippen LogP contribution in [-0.2, 0) is 23.7 Å². The van der Waals surface area contributed by atoms with Crippen LogP contribution in [0, 0.1) is 16.7 Å². The number of aliphatic hydroxyl groups is 2. The van der Waals surface area contributed by atoms with Crippen LogP contribution in [0.1, 0.15) is 36.5 Å². The van der Waals surface area contributed by atoms with Crippen molar-refractivity contribution in [2.45, 2.75) is 68.3 Å². The fraction of sp³-hybridized carbons (Fsp3) is 0.696. The van der Waals surface area contributed by atoms with Crippen LogP contribution >= 0.6 is 0 Å². The van der Waals surface area contributed by atoms with Crippen molar-refractivity contribution < 1.29 is 38.7 Å². The second-order valence-electron chi connectivity index (χ2n) is 10.2. The first-order valence-corrected chi connectivity index (χ1v) is 11.1. The second-order valence-corrected chi connectivity index (χ2v) is 10.2. The van der Waals surface area contributed by atoms with Gasteiger partial charge in [-0.2, -0.15) is 0 Å². The molecule has 3 unspecified atom stereocenters. The Morgan fingerprint density at radius 1 is 1.26 bits per heavy atom. The molecule has 0 radical (unpaired) electrons. The molecule has 1 spiro atoms. The molecule has 7 fully saturated rings. The number of carbonyl (C=O) groups is 1. The van der Waals surface area contributed by atoms with E-state index in [4.69, 9.17) is 23.7 Å². The van der Waals surface area contributed by atoms with Crippen molar-refractivity contribution in [1.29, 1.82) is 0 Å². The van der Waals surface area contributed by atoms with Gasteiger partial charge in [0.2, 0.25) is 0 Å². The summed E-state index contributed by atoms with van der Waals surface area (Å²) in [5, 5.41) is 19.6. The summed E-state index contributed by atoms with van der Waals surface area (Å²) in [6.07, 6.45) is -0.534. The van der Waals surface area contributed by atoms with E-state index in [1.807, 2.05) is 18.2 Å². The molecular weight excluding hydrogens is 404 g/mol. The van der Waals surface area contributed by atoms with Crippen molar-refractivity contribution in [2.24, 2.45) is 16.7 Å². The third kappa shape index (κ3) is 1.90. The van der Waals surface area contributed by atoms with Gasteiger partial charge in [0, 0.05) is 24.2 Å². The molecule has 0 amide bonds. The van der Waals surface area contributed by atoms with Crippen molar-refractivity contribution >= 4 is 5.97 Å². The molecule has 8 rings (SSSR count). The number of hydrogen-bond donors (Lipinski definition) is 2. The molecular formula is C23H26O8. The lowest BCUT2D eigenvalue weighted by Crippen LogP contribution is -2.66. The molecule has 8 heteroatoms. The van der Waals surface area contributed by atoms with E-state index < -0.39 is 29.7 Å². The molecule has 3 aliphatic carbocycles. The summed E-state index contributed by atoms with van der Waals surface area (Å²) >= 11 is 0. The molecule has 4 heterocycles. The lowest BCUT2D eigenvalue weighted by molar-refractivity contribution is -0.296. The maximum absolute atomic E-state index is 12.6. The quantitative estimate of drug-likeness (QED) is 0.644. The third-order valence-electron chi connectivity index (χ3n) is 9.09. The molecule has 4 saturated heterocycles. The summed E-state index contributed by atoms with van der Waals surface area (Å²) in [6, 6.07) is 9.02. The lowest BCUT2D eigenvalue weighted by Gasteiger charge is -2.55. The van der Waals surface area contributed by atoms with Gasteiger partial charge in [0.15, 0.2) is 12.6 Å².